The Labute approximate surface area is 191 Å². The van der Waals surface area contributed by atoms with Crippen molar-refractivity contribution in [3.05, 3.63) is 108 Å². The molecule has 1 atom stereocenters. The van der Waals surface area contributed by atoms with Crippen LogP contribution in [0.5, 0.6) is 0 Å². The van der Waals surface area contributed by atoms with E-state index in [9.17, 15) is 9.59 Å². The monoisotopic (exact) mass is 434 g/mol. The van der Waals surface area contributed by atoms with Crippen molar-refractivity contribution >= 4 is 11.8 Å². The standard InChI is InChI=1S/C27H22N4O2/c32-26-25(21-14-8-3-9-15-21)31(17-16-28-26)27(33)22-18-29-23(19-10-4-1-5-11-19)24(30-22)20-12-6-2-7-13-20/h1-15,18,25H,16-17H2,(H,28,32). The van der Waals surface area contributed by atoms with Crippen LogP contribution in [0.3, 0.4) is 0 Å². The molecule has 0 radical (unpaired) electrons. The van der Waals surface area contributed by atoms with Crippen molar-refractivity contribution in [2.45, 2.75) is 6.04 Å². The van der Waals surface area contributed by atoms with E-state index in [1.165, 1.54) is 6.20 Å². The predicted molar refractivity (Wildman–Crippen MR) is 126 cm³/mol. The molecule has 1 aromatic heterocycles. The third-order valence-electron chi connectivity index (χ3n) is 5.67. The van der Waals surface area contributed by atoms with Gasteiger partial charge in [0.1, 0.15) is 11.7 Å². The molecule has 33 heavy (non-hydrogen) atoms. The molecule has 0 aliphatic carbocycles. The molecule has 1 aliphatic rings. The van der Waals surface area contributed by atoms with Crippen molar-refractivity contribution in [3.63, 3.8) is 0 Å². The molecule has 1 aliphatic heterocycles. The second-order valence-electron chi connectivity index (χ2n) is 7.79. The molecule has 1 saturated heterocycles. The number of benzene rings is 3. The van der Waals surface area contributed by atoms with Gasteiger partial charge in [-0.15, -0.1) is 0 Å². The van der Waals surface area contributed by atoms with E-state index in [4.69, 9.17) is 4.98 Å². The summed E-state index contributed by atoms with van der Waals surface area (Å²) < 4.78 is 0. The van der Waals surface area contributed by atoms with Crippen LogP contribution in [0.25, 0.3) is 22.5 Å². The van der Waals surface area contributed by atoms with Crippen LogP contribution >= 0.6 is 0 Å². The summed E-state index contributed by atoms with van der Waals surface area (Å²) in [7, 11) is 0. The lowest BCUT2D eigenvalue weighted by atomic mass is 10.0. The molecule has 1 unspecified atom stereocenters. The first-order valence-electron chi connectivity index (χ1n) is 10.8. The maximum atomic E-state index is 13.6. The zero-order chi connectivity index (χ0) is 22.6. The van der Waals surface area contributed by atoms with Gasteiger partial charge in [-0.3, -0.25) is 14.6 Å². The number of rotatable bonds is 4. The number of hydrogen-bond acceptors (Lipinski definition) is 4. The van der Waals surface area contributed by atoms with Crippen molar-refractivity contribution in [3.8, 4) is 22.5 Å². The van der Waals surface area contributed by atoms with Crippen LogP contribution in [0, 0.1) is 0 Å². The summed E-state index contributed by atoms with van der Waals surface area (Å²) in [5.74, 6) is -0.513. The number of piperazine rings is 1. The minimum absolute atomic E-state index is 0.196. The molecule has 0 saturated carbocycles. The lowest BCUT2D eigenvalue weighted by Gasteiger charge is -2.35. The maximum absolute atomic E-state index is 13.6. The van der Waals surface area contributed by atoms with E-state index in [1.807, 2.05) is 91.0 Å². The van der Waals surface area contributed by atoms with Gasteiger partial charge in [-0.1, -0.05) is 91.0 Å². The average Bonchev–Trinajstić information content (AvgIpc) is 2.89. The third kappa shape index (κ3) is 4.11. The van der Waals surface area contributed by atoms with Gasteiger partial charge in [-0.05, 0) is 5.56 Å². The summed E-state index contributed by atoms with van der Waals surface area (Å²) in [6.45, 7) is 0.794. The minimum Gasteiger partial charge on any atom is -0.352 e. The van der Waals surface area contributed by atoms with Crippen molar-refractivity contribution in [2.75, 3.05) is 13.1 Å². The Morgan fingerprint density at radius 2 is 1.39 bits per heavy atom. The largest absolute Gasteiger partial charge is 0.352 e. The van der Waals surface area contributed by atoms with Crippen molar-refractivity contribution in [2.24, 2.45) is 0 Å². The van der Waals surface area contributed by atoms with E-state index in [-0.39, 0.29) is 17.5 Å². The Bertz CT molecular complexity index is 1280. The highest BCUT2D eigenvalue weighted by Crippen LogP contribution is 2.30. The first-order valence-corrected chi connectivity index (χ1v) is 10.8. The molecule has 1 fully saturated rings. The van der Waals surface area contributed by atoms with Gasteiger partial charge >= 0.3 is 0 Å². The number of amides is 2. The lowest BCUT2D eigenvalue weighted by molar-refractivity contribution is -0.128. The average molecular weight is 434 g/mol. The molecule has 0 bridgehead atoms. The van der Waals surface area contributed by atoms with E-state index < -0.39 is 6.04 Å². The summed E-state index contributed by atoms with van der Waals surface area (Å²) in [6, 6.07) is 28.1. The Morgan fingerprint density at radius 3 is 2.03 bits per heavy atom. The van der Waals surface area contributed by atoms with E-state index in [1.54, 1.807) is 4.90 Å². The van der Waals surface area contributed by atoms with Gasteiger partial charge in [0.25, 0.3) is 5.91 Å². The van der Waals surface area contributed by atoms with Gasteiger partial charge in [-0.2, -0.15) is 0 Å². The summed E-state index contributed by atoms with van der Waals surface area (Å²) in [4.78, 5) is 37.3. The molecule has 2 amide bonds. The van der Waals surface area contributed by atoms with Gasteiger partial charge in [-0.25, -0.2) is 4.98 Å². The number of hydrogen-bond donors (Lipinski definition) is 1. The summed E-state index contributed by atoms with van der Waals surface area (Å²) >= 11 is 0. The molecule has 2 heterocycles. The first-order chi connectivity index (χ1) is 16.2. The molecule has 1 N–H and O–H groups in total. The lowest BCUT2D eigenvalue weighted by Crippen LogP contribution is -2.52. The van der Waals surface area contributed by atoms with E-state index in [0.717, 1.165) is 16.7 Å². The fourth-order valence-corrected chi connectivity index (χ4v) is 4.10. The fourth-order valence-electron chi connectivity index (χ4n) is 4.10. The molecule has 162 valence electrons. The molecular weight excluding hydrogens is 412 g/mol. The van der Waals surface area contributed by atoms with E-state index in [2.05, 4.69) is 10.3 Å². The number of carbonyl (C=O) groups excluding carboxylic acids is 2. The highest BCUT2D eigenvalue weighted by Gasteiger charge is 2.35. The first kappa shape index (κ1) is 20.6. The van der Waals surface area contributed by atoms with E-state index in [0.29, 0.717) is 24.5 Å². The zero-order valence-electron chi connectivity index (χ0n) is 17.9. The summed E-state index contributed by atoms with van der Waals surface area (Å²) in [5.41, 5.74) is 4.10. The fraction of sp³-hybridized carbons (Fsp3) is 0.111. The van der Waals surface area contributed by atoms with Crippen molar-refractivity contribution in [1.82, 2.24) is 20.2 Å². The molecule has 0 spiro atoms. The topological polar surface area (TPSA) is 75.2 Å². The number of aromatic nitrogens is 2. The van der Waals surface area contributed by atoms with Crippen LogP contribution in [0.1, 0.15) is 22.1 Å². The zero-order valence-corrected chi connectivity index (χ0v) is 17.9. The Hall–Kier alpha value is -4.32. The molecular formula is C27H22N4O2. The Kier molecular flexibility index (Phi) is 5.64. The summed E-state index contributed by atoms with van der Waals surface area (Å²) in [6.07, 6.45) is 1.51. The van der Waals surface area contributed by atoms with Gasteiger partial charge in [0.05, 0.1) is 17.6 Å². The van der Waals surface area contributed by atoms with Crippen molar-refractivity contribution < 1.29 is 9.59 Å². The number of nitrogens with one attached hydrogen (secondary N) is 1. The van der Waals surface area contributed by atoms with Gasteiger partial charge in [0, 0.05) is 24.2 Å². The van der Waals surface area contributed by atoms with Crippen molar-refractivity contribution in [1.29, 1.82) is 0 Å². The van der Waals surface area contributed by atoms with Crippen LogP contribution in [0.2, 0.25) is 0 Å². The van der Waals surface area contributed by atoms with Gasteiger partial charge in [0.2, 0.25) is 5.91 Å². The smallest absolute Gasteiger partial charge is 0.275 e. The SMILES string of the molecule is O=C1NCCN(C(=O)c2cnc(-c3ccccc3)c(-c3ccccc3)n2)C1c1ccccc1. The molecule has 4 aromatic rings. The van der Waals surface area contributed by atoms with Gasteiger partial charge in [0.15, 0.2) is 0 Å². The van der Waals surface area contributed by atoms with Crippen LogP contribution in [-0.4, -0.2) is 39.8 Å². The van der Waals surface area contributed by atoms with Crippen LogP contribution in [0.4, 0.5) is 0 Å². The van der Waals surface area contributed by atoms with Crippen LogP contribution in [-0.2, 0) is 4.79 Å². The highest BCUT2D eigenvalue weighted by molar-refractivity contribution is 5.98. The second-order valence-corrected chi connectivity index (χ2v) is 7.79. The quantitative estimate of drug-likeness (QED) is 0.524. The summed E-state index contributed by atoms with van der Waals surface area (Å²) in [5, 5.41) is 2.87. The minimum atomic E-state index is -0.705. The third-order valence-corrected chi connectivity index (χ3v) is 5.67. The van der Waals surface area contributed by atoms with E-state index >= 15 is 0 Å². The second kappa shape index (κ2) is 9.04. The highest BCUT2D eigenvalue weighted by atomic mass is 16.2. The van der Waals surface area contributed by atoms with Crippen LogP contribution < -0.4 is 5.32 Å². The molecule has 3 aromatic carbocycles. The Balaban J connectivity index is 1.58. The normalized spacial score (nSPS) is 15.7. The number of carbonyl (C=O) groups is 2. The maximum Gasteiger partial charge on any atom is 0.275 e. The Morgan fingerprint density at radius 1 is 0.818 bits per heavy atom. The number of nitrogens with zero attached hydrogens (tertiary/aromatic N) is 3. The molecule has 5 rings (SSSR count). The molecule has 6 heteroatoms. The molecule has 6 nitrogen and oxygen atoms in total. The van der Waals surface area contributed by atoms with Crippen LogP contribution in [0.15, 0.2) is 97.2 Å². The van der Waals surface area contributed by atoms with Gasteiger partial charge < -0.3 is 10.2 Å². The predicted octanol–water partition coefficient (Wildman–Crippen LogP) is 4.12.